The molecular formula is C21H24O8S. The summed E-state index contributed by atoms with van der Waals surface area (Å²) >= 11 is 0. The highest BCUT2D eigenvalue weighted by Crippen LogP contribution is 2.36. The van der Waals surface area contributed by atoms with Gasteiger partial charge in [0.05, 0.1) is 11.5 Å². The molecule has 2 fully saturated rings. The summed E-state index contributed by atoms with van der Waals surface area (Å²) in [5.41, 5.74) is 1.68. The molecule has 9 heteroatoms. The quantitative estimate of drug-likeness (QED) is 0.710. The van der Waals surface area contributed by atoms with Crippen LogP contribution in [0.4, 0.5) is 0 Å². The average Bonchev–Trinajstić information content (AvgIpc) is 2.76. The van der Waals surface area contributed by atoms with Crippen LogP contribution in [-0.4, -0.2) is 57.9 Å². The smallest absolute Gasteiger partial charge is 0.297 e. The topological polar surface area (TPSA) is 101 Å². The Hall–Kier alpha value is -1.85. The Kier molecular flexibility index (Phi) is 6.21. The first kappa shape index (κ1) is 21.4. The van der Waals surface area contributed by atoms with Gasteiger partial charge in [-0.1, -0.05) is 48.0 Å². The third-order valence-electron chi connectivity index (χ3n) is 5.16. The number of aliphatic hydroxyl groups excluding tert-OH is 1. The SMILES string of the molecule is CO[C@@H]1O[C@@H]2CO[C@H](c3ccccc3)O[C@@H]2[C@H](OS(=O)(=O)c2ccc(C)cc2)[C@H]1O. The molecule has 0 unspecified atom stereocenters. The first-order chi connectivity index (χ1) is 14.4. The zero-order valence-electron chi connectivity index (χ0n) is 16.6. The fourth-order valence-corrected chi connectivity index (χ4v) is 4.65. The molecule has 2 saturated heterocycles. The highest BCUT2D eigenvalue weighted by molar-refractivity contribution is 7.86. The number of hydrogen-bond acceptors (Lipinski definition) is 8. The predicted molar refractivity (Wildman–Crippen MR) is 105 cm³/mol. The molecule has 162 valence electrons. The van der Waals surface area contributed by atoms with Crippen molar-refractivity contribution in [2.75, 3.05) is 13.7 Å². The fraction of sp³-hybridized carbons (Fsp3) is 0.429. The van der Waals surface area contributed by atoms with E-state index in [1.807, 2.05) is 37.3 Å². The van der Waals surface area contributed by atoms with Crippen LogP contribution in [0.5, 0.6) is 0 Å². The Morgan fingerprint density at radius 2 is 1.73 bits per heavy atom. The normalized spacial score (nSPS) is 31.8. The fourth-order valence-electron chi connectivity index (χ4n) is 3.55. The van der Waals surface area contributed by atoms with Crippen molar-refractivity contribution in [3.8, 4) is 0 Å². The van der Waals surface area contributed by atoms with Gasteiger partial charge in [-0.05, 0) is 19.1 Å². The van der Waals surface area contributed by atoms with E-state index in [2.05, 4.69) is 0 Å². The molecule has 1 N–H and O–H groups in total. The van der Waals surface area contributed by atoms with Gasteiger partial charge in [0.25, 0.3) is 10.1 Å². The van der Waals surface area contributed by atoms with Crippen LogP contribution in [0.15, 0.2) is 59.5 Å². The zero-order chi connectivity index (χ0) is 21.3. The summed E-state index contributed by atoms with van der Waals surface area (Å²) in [4.78, 5) is -0.0102. The molecule has 0 aliphatic carbocycles. The maximum Gasteiger partial charge on any atom is 0.297 e. The second-order valence-electron chi connectivity index (χ2n) is 7.27. The number of fused-ring (bicyclic) bond motifs is 1. The highest BCUT2D eigenvalue weighted by atomic mass is 32.2. The van der Waals surface area contributed by atoms with Crippen molar-refractivity contribution in [3.63, 3.8) is 0 Å². The van der Waals surface area contributed by atoms with Crippen molar-refractivity contribution < 1.29 is 36.7 Å². The van der Waals surface area contributed by atoms with E-state index in [0.29, 0.717) is 0 Å². The first-order valence-electron chi connectivity index (χ1n) is 9.57. The highest BCUT2D eigenvalue weighted by Gasteiger charge is 2.52. The molecule has 2 aliphatic heterocycles. The summed E-state index contributed by atoms with van der Waals surface area (Å²) in [5.74, 6) is 0. The molecule has 0 bridgehead atoms. The van der Waals surface area contributed by atoms with Gasteiger partial charge in [-0.2, -0.15) is 8.42 Å². The lowest BCUT2D eigenvalue weighted by atomic mass is 9.98. The molecule has 8 nitrogen and oxygen atoms in total. The summed E-state index contributed by atoms with van der Waals surface area (Å²) in [7, 11) is -2.81. The maximum atomic E-state index is 12.9. The number of methoxy groups -OCH3 is 1. The Balaban J connectivity index is 1.61. The molecule has 0 amide bonds. The standard InChI is InChI=1S/C21H24O8S/c1-13-8-10-15(11-9-13)30(23,24)29-19-17(22)21(25-2)27-16-12-26-20(28-18(16)19)14-6-4-3-5-7-14/h3-11,16-22H,12H2,1-2H3/t16-,17-,18+,19-,20+,21-/m1/s1. The molecule has 0 aromatic heterocycles. The van der Waals surface area contributed by atoms with Crippen LogP contribution >= 0.6 is 0 Å². The molecular weight excluding hydrogens is 412 g/mol. The number of hydrogen-bond donors (Lipinski definition) is 1. The molecule has 2 aromatic rings. The lowest BCUT2D eigenvalue weighted by Crippen LogP contribution is -2.63. The number of benzene rings is 2. The molecule has 6 atom stereocenters. The lowest BCUT2D eigenvalue weighted by molar-refractivity contribution is -0.354. The summed E-state index contributed by atoms with van der Waals surface area (Å²) in [6.45, 7) is 1.98. The van der Waals surface area contributed by atoms with Crippen molar-refractivity contribution in [1.29, 1.82) is 0 Å². The summed E-state index contributed by atoms with van der Waals surface area (Å²) in [6, 6.07) is 15.5. The van der Waals surface area contributed by atoms with Crippen LogP contribution in [-0.2, 0) is 33.2 Å². The van der Waals surface area contributed by atoms with Gasteiger partial charge in [-0.15, -0.1) is 0 Å². The Morgan fingerprint density at radius 1 is 1.03 bits per heavy atom. The van der Waals surface area contributed by atoms with Gasteiger partial charge in [0.2, 0.25) is 0 Å². The number of aryl methyl sites for hydroxylation is 1. The lowest BCUT2D eigenvalue weighted by Gasteiger charge is -2.46. The van der Waals surface area contributed by atoms with Crippen LogP contribution in [0.1, 0.15) is 17.4 Å². The van der Waals surface area contributed by atoms with Crippen LogP contribution in [0.25, 0.3) is 0 Å². The Morgan fingerprint density at radius 3 is 2.40 bits per heavy atom. The van der Waals surface area contributed by atoms with E-state index in [9.17, 15) is 13.5 Å². The first-order valence-corrected chi connectivity index (χ1v) is 11.0. The van der Waals surface area contributed by atoms with E-state index >= 15 is 0 Å². The van der Waals surface area contributed by atoms with Crippen LogP contribution in [0.2, 0.25) is 0 Å². The second kappa shape index (κ2) is 8.72. The van der Waals surface area contributed by atoms with E-state index in [4.69, 9.17) is 23.1 Å². The van der Waals surface area contributed by atoms with E-state index in [1.165, 1.54) is 19.2 Å². The molecule has 2 aliphatic rings. The van der Waals surface area contributed by atoms with Crippen LogP contribution in [0, 0.1) is 6.92 Å². The average molecular weight is 436 g/mol. The Labute approximate surface area is 175 Å². The summed E-state index contributed by atoms with van der Waals surface area (Å²) < 4.78 is 53.9. The molecule has 0 saturated carbocycles. The van der Waals surface area contributed by atoms with E-state index < -0.39 is 47.1 Å². The monoisotopic (exact) mass is 436 g/mol. The second-order valence-corrected chi connectivity index (χ2v) is 8.85. The Bertz CT molecular complexity index is 947. The number of aliphatic hydroxyl groups is 1. The minimum Gasteiger partial charge on any atom is -0.385 e. The third-order valence-corrected chi connectivity index (χ3v) is 6.48. The van der Waals surface area contributed by atoms with Crippen molar-refractivity contribution >= 4 is 10.1 Å². The van der Waals surface area contributed by atoms with Gasteiger partial charge in [-0.3, -0.25) is 4.18 Å². The van der Waals surface area contributed by atoms with Gasteiger partial charge in [0.1, 0.15) is 24.4 Å². The van der Waals surface area contributed by atoms with Gasteiger partial charge in [0, 0.05) is 12.7 Å². The van der Waals surface area contributed by atoms with Gasteiger partial charge >= 0.3 is 0 Å². The molecule has 0 radical (unpaired) electrons. The number of rotatable bonds is 5. The minimum atomic E-state index is -4.17. The largest absolute Gasteiger partial charge is 0.385 e. The zero-order valence-corrected chi connectivity index (χ0v) is 17.4. The van der Waals surface area contributed by atoms with E-state index in [-0.39, 0.29) is 11.5 Å². The third kappa shape index (κ3) is 4.28. The van der Waals surface area contributed by atoms with Gasteiger partial charge < -0.3 is 24.1 Å². The van der Waals surface area contributed by atoms with E-state index in [0.717, 1.165) is 11.1 Å². The van der Waals surface area contributed by atoms with Gasteiger partial charge in [-0.25, -0.2) is 0 Å². The van der Waals surface area contributed by atoms with Crippen LogP contribution < -0.4 is 0 Å². The molecule has 2 aromatic carbocycles. The molecule has 30 heavy (non-hydrogen) atoms. The summed E-state index contributed by atoms with van der Waals surface area (Å²) in [6.07, 6.45) is -6.00. The van der Waals surface area contributed by atoms with Gasteiger partial charge in [0.15, 0.2) is 12.6 Å². The van der Waals surface area contributed by atoms with Crippen molar-refractivity contribution in [2.24, 2.45) is 0 Å². The molecule has 2 heterocycles. The maximum absolute atomic E-state index is 12.9. The van der Waals surface area contributed by atoms with Crippen molar-refractivity contribution in [1.82, 2.24) is 0 Å². The molecule has 4 rings (SSSR count). The minimum absolute atomic E-state index is 0.0102. The van der Waals surface area contributed by atoms with Crippen molar-refractivity contribution in [2.45, 2.75) is 48.8 Å². The summed E-state index contributed by atoms with van der Waals surface area (Å²) in [5, 5.41) is 10.7. The van der Waals surface area contributed by atoms with Crippen LogP contribution in [0.3, 0.4) is 0 Å². The van der Waals surface area contributed by atoms with E-state index in [1.54, 1.807) is 12.1 Å². The van der Waals surface area contributed by atoms with Crippen molar-refractivity contribution in [3.05, 3.63) is 65.7 Å². The predicted octanol–water partition coefficient (Wildman–Crippen LogP) is 1.92. The molecule has 0 spiro atoms. The number of ether oxygens (including phenoxy) is 4.